The van der Waals surface area contributed by atoms with Crippen LogP contribution < -0.4 is 11.1 Å². The van der Waals surface area contributed by atoms with E-state index in [0.29, 0.717) is 12.1 Å². The number of nitrogens with two attached hydrogens (primary N) is 1. The monoisotopic (exact) mass is 276 g/mol. The standard InChI is InChI=1S/C10H7F3N2O4/c11-10(12,13)4-1-2-6(5(3-4)7(14)16)15-8(17)9(18)19/h1-3H,(H2,14,16)(H,15,17)(H,18,19). The molecule has 2 amide bonds. The van der Waals surface area contributed by atoms with Crippen LogP contribution >= 0.6 is 0 Å². The van der Waals surface area contributed by atoms with Crippen molar-refractivity contribution in [2.45, 2.75) is 6.18 Å². The zero-order valence-electron chi connectivity index (χ0n) is 9.12. The van der Waals surface area contributed by atoms with E-state index < -0.39 is 40.8 Å². The zero-order chi connectivity index (χ0) is 14.8. The molecule has 0 saturated carbocycles. The van der Waals surface area contributed by atoms with Crippen molar-refractivity contribution in [1.82, 2.24) is 0 Å². The van der Waals surface area contributed by atoms with Crippen molar-refractivity contribution in [2.24, 2.45) is 5.73 Å². The molecular formula is C10H7F3N2O4. The van der Waals surface area contributed by atoms with Crippen molar-refractivity contribution in [3.05, 3.63) is 29.3 Å². The number of benzene rings is 1. The highest BCUT2D eigenvalue weighted by atomic mass is 19.4. The molecule has 102 valence electrons. The fraction of sp³-hybridized carbons (Fsp3) is 0.100. The fourth-order valence-electron chi connectivity index (χ4n) is 1.21. The van der Waals surface area contributed by atoms with Crippen LogP contribution in [0.25, 0.3) is 0 Å². The molecule has 0 aliphatic carbocycles. The number of primary amides is 1. The highest BCUT2D eigenvalue weighted by Crippen LogP contribution is 2.31. The maximum atomic E-state index is 12.4. The average molecular weight is 276 g/mol. The van der Waals surface area contributed by atoms with Gasteiger partial charge in [-0.2, -0.15) is 13.2 Å². The smallest absolute Gasteiger partial charge is 0.416 e. The van der Waals surface area contributed by atoms with Gasteiger partial charge in [0.1, 0.15) is 0 Å². The van der Waals surface area contributed by atoms with E-state index in [9.17, 15) is 27.6 Å². The molecule has 0 saturated heterocycles. The first-order chi connectivity index (χ1) is 8.62. The average Bonchev–Trinajstić information content (AvgIpc) is 2.27. The summed E-state index contributed by atoms with van der Waals surface area (Å²) in [5.41, 5.74) is 2.69. The van der Waals surface area contributed by atoms with Crippen molar-refractivity contribution in [1.29, 1.82) is 0 Å². The van der Waals surface area contributed by atoms with Gasteiger partial charge in [-0.15, -0.1) is 0 Å². The normalized spacial score (nSPS) is 10.9. The first-order valence-electron chi connectivity index (χ1n) is 4.68. The molecule has 0 atom stereocenters. The molecule has 1 rings (SSSR count). The lowest BCUT2D eigenvalue weighted by Gasteiger charge is -2.11. The van der Waals surface area contributed by atoms with Gasteiger partial charge in [-0.25, -0.2) is 4.79 Å². The van der Waals surface area contributed by atoms with Gasteiger partial charge in [0.15, 0.2) is 0 Å². The number of rotatable bonds is 2. The lowest BCUT2D eigenvalue weighted by atomic mass is 10.1. The molecule has 0 radical (unpaired) electrons. The van der Waals surface area contributed by atoms with Gasteiger partial charge in [0.2, 0.25) is 0 Å². The number of hydrogen-bond acceptors (Lipinski definition) is 3. The summed E-state index contributed by atoms with van der Waals surface area (Å²) < 4.78 is 37.3. The minimum atomic E-state index is -4.69. The summed E-state index contributed by atoms with van der Waals surface area (Å²) in [7, 11) is 0. The topological polar surface area (TPSA) is 109 Å². The number of carboxylic acid groups (broad SMARTS) is 1. The van der Waals surface area contributed by atoms with Gasteiger partial charge in [-0.1, -0.05) is 0 Å². The molecule has 9 heteroatoms. The summed E-state index contributed by atoms with van der Waals surface area (Å²) in [6.07, 6.45) is -4.69. The molecule has 0 aromatic heterocycles. The lowest BCUT2D eigenvalue weighted by molar-refractivity contribution is -0.147. The Morgan fingerprint density at radius 3 is 2.21 bits per heavy atom. The first-order valence-corrected chi connectivity index (χ1v) is 4.68. The Balaban J connectivity index is 3.23. The van der Waals surface area contributed by atoms with Gasteiger partial charge >= 0.3 is 18.1 Å². The second-order valence-corrected chi connectivity index (χ2v) is 3.38. The number of hydrogen-bond donors (Lipinski definition) is 3. The summed E-state index contributed by atoms with van der Waals surface area (Å²) in [5, 5.41) is 10.1. The van der Waals surface area contributed by atoms with E-state index in [1.54, 1.807) is 5.32 Å². The van der Waals surface area contributed by atoms with E-state index in [-0.39, 0.29) is 0 Å². The molecule has 1 aromatic carbocycles. The Hall–Kier alpha value is -2.58. The van der Waals surface area contributed by atoms with E-state index in [1.807, 2.05) is 0 Å². The molecule has 6 nitrogen and oxygen atoms in total. The maximum absolute atomic E-state index is 12.4. The lowest BCUT2D eigenvalue weighted by Crippen LogP contribution is -2.24. The molecule has 0 aliphatic rings. The van der Waals surface area contributed by atoms with Crippen LogP contribution in [0.1, 0.15) is 15.9 Å². The third-order valence-corrected chi connectivity index (χ3v) is 2.05. The SMILES string of the molecule is NC(=O)c1cc(C(F)(F)F)ccc1NC(=O)C(=O)O. The predicted molar refractivity (Wildman–Crippen MR) is 56.2 cm³/mol. The number of halogens is 3. The van der Waals surface area contributed by atoms with E-state index in [2.05, 4.69) is 0 Å². The Kier molecular flexibility index (Phi) is 3.78. The Bertz CT molecular complexity index is 554. The Morgan fingerprint density at radius 1 is 1.21 bits per heavy atom. The molecule has 0 heterocycles. The van der Waals surface area contributed by atoms with Gasteiger partial charge in [0.25, 0.3) is 5.91 Å². The van der Waals surface area contributed by atoms with Gasteiger partial charge in [-0.3, -0.25) is 9.59 Å². The number of amides is 2. The minimum absolute atomic E-state index is 0.409. The Labute approximate surface area is 104 Å². The highest BCUT2D eigenvalue weighted by molar-refractivity contribution is 6.36. The third kappa shape index (κ3) is 3.44. The number of carboxylic acids is 1. The molecular weight excluding hydrogens is 269 g/mol. The molecule has 1 aromatic rings. The second kappa shape index (κ2) is 4.96. The predicted octanol–water partition coefficient (Wildman–Crippen LogP) is 0.827. The van der Waals surface area contributed by atoms with Crippen LogP contribution in [0.2, 0.25) is 0 Å². The maximum Gasteiger partial charge on any atom is 0.416 e. The largest absolute Gasteiger partial charge is 0.474 e. The van der Waals surface area contributed by atoms with Crippen molar-refractivity contribution >= 4 is 23.5 Å². The summed E-state index contributed by atoms with van der Waals surface area (Å²) in [4.78, 5) is 32.2. The van der Waals surface area contributed by atoms with E-state index in [1.165, 1.54) is 0 Å². The van der Waals surface area contributed by atoms with Gasteiger partial charge in [0.05, 0.1) is 16.8 Å². The quantitative estimate of drug-likeness (QED) is 0.695. The number of aliphatic carboxylic acids is 1. The third-order valence-electron chi connectivity index (χ3n) is 2.05. The van der Waals surface area contributed by atoms with E-state index in [0.717, 1.165) is 6.07 Å². The van der Waals surface area contributed by atoms with Crippen LogP contribution in [-0.4, -0.2) is 22.9 Å². The number of anilines is 1. The summed E-state index contributed by atoms with van der Waals surface area (Å²) in [6, 6.07) is 1.77. The van der Waals surface area contributed by atoms with E-state index >= 15 is 0 Å². The first kappa shape index (κ1) is 14.5. The van der Waals surface area contributed by atoms with Crippen LogP contribution in [0.4, 0.5) is 18.9 Å². The van der Waals surface area contributed by atoms with Crippen LogP contribution in [0, 0.1) is 0 Å². The number of carbonyl (C=O) groups excluding carboxylic acids is 2. The molecule has 19 heavy (non-hydrogen) atoms. The van der Waals surface area contributed by atoms with Crippen molar-refractivity contribution in [3.8, 4) is 0 Å². The molecule has 0 spiro atoms. The van der Waals surface area contributed by atoms with Crippen LogP contribution in [-0.2, 0) is 15.8 Å². The summed E-state index contributed by atoms with van der Waals surface area (Å²) in [5.74, 6) is -4.58. The highest BCUT2D eigenvalue weighted by Gasteiger charge is 2.31. The van der Waals surface area contributed by atoms with E-state index in [4.69, 9.17) is 10.8 Å². The molecule has 0 unspecified atom stereocenters. The van der Waals surface area contributed by atoms with Gasteiger partial charge in [-0.05, 0) is 18.2 Å². The second-order valence-electron chi connectivity index (χ2n) is 3.38. The molecule has 0 aliphatic heterocycles. The van der Waals surface area contributed by atoms with Crippen molar-refractivity contribution in [2.75, 3.05) is 5.32 Å². The van der Waals surface area contributed by atoms with Gasteiger partial charge in [0, 0.05) is 0 Å². The van der Waals surface area contributed by atoms with Crippen LogP contribution in [0.5, 0.6) is 0 Å². The molecule has 0 fully saturated rings. The van der Waals surface area contributed by atoms with Gasteiger partial charge < -0.3 is 16.2 Å². The van der Waals surface area contributed by atoms with Crippen LogP contribution in [0.15, 0.2) is 18.2 Å². The number of alkyl halides is 3. The van der Waals surface area contributed by atoms with Crippen LogP contribution in [0.3, 0.4) is 0 Å². The minimum Gasteiger partial charge on any atom is -0.474 e. The number of carbonyl (C=O) groups is 3. The number of nitrogens with one attached hydrogen (secondary N) is 1. The Morgan fingerprint density at radius 2 is 1.79 bits per heavy atom. The van der Waals surface area contributed by atoms with Crippen molar-refractivity contribution in [3.63, 3.8) is 0 Å². The molecule has 0 bridgehead atoms. The zero-order valence-corrected chi connectivity index (χ0v) is 9.12. The summed E-state index contributed by atoms with van der Waals surface area (Å²) >= 11 is 0. The molecule has 4 N–H and O–H groups in total. The fourth-order valence-corrected chi connectivity index (χ4v) is 1.21. The summed E-state index contributed by atoms with van der Waals surface area (Å²) in [6.45, 7) is 0. The van der Waals surface area contributed by atoms with Crippen molar-refractivity contribution < 1.29 is 32.7 Å².